The molecule has 2 N–H and O–H groups in total. The summed E-state index contributed by atoms with van der Waals surface area (Å²) in [5.74, 6) is -0.721. The minimum absolute atomic E-state index is 0.226. The van der Waals surface area contributed by atoms with E-state index in [0.717, 1.165) is 0 Å². The summed E-state index contributed by atoms with van der Waals surface area (Å²) in [7, 11) is 0. The number of hydrogen-bond donors (Lipinski definition) is 1. The molecule has 0 bridgehead atoms. The molecule has 0 amide bonds. The summed E-state index contributed by atoms with van der Waals surface area (Å²) >= 11 is 8.89. The highest BCUT2D eigenvalue weighted by Gasteiger charge is 2.15. The van der Waals surface area contributed by atoms with Gasteiger partial charge in [-0.15, -0.1) is 0 Å². The lowest BCUT2D eigenvalue weighted by Gasteiger charge is -2.07. The van der Waals surface area contributed by atoms with Gasteiger partial charge in [0, 0.05) is 11.1 Å². The van der Waals surface area contributed by atoms with Crippen molar-refractivity contribution in [2.75, 3.05) is 5.73 Å². The van der Waals surface area contributed by atoms with Crippen LogP contribution in [0.25, 0.3) is 0 Å². The summed E-state index contributed by atoms with van der Waals surface area (Å²) in [5.41, 5.74) is 6.63. The standard InChI is InChI=1S/C13H8BrClFNO/c14-9-6-7(4-5-11(9)16)13(18)8-2-1-3-10(15)12(8)17/h1-6H,17H2. The van der Waals surface area contributed by atoms with Gasteiger partial charge in [-0.3, -0.25) is 4.79 Å². The average molecular weight is 329 g/mol. The molecule has 0 saturated heterocycles. The van der Waals surface area contributed by atoms with Crippen molar-refractivity contribution in [3.05, 3.63) is 62.8 Å². The molecule has 0 aromatic heterocycles. The molecule has 2 nitrogen and oxygen atoms in total. The fourth-order valence-corrected chi connectivity index (χ4v) is 2.08. The molecule has 2 aromatic rings. The van der Waals surface area contributed by atoms with Gasteiger partial charge >= 0.3 is 0 Å². The van der Waals surface area contributed by atoms with E-state index in [4.69, 9.17) is 17.3 Å². The monoisotopic (exact) mass is 327 g/mol. The van der Waals surface area contributed by atoms with E-state index in [1.807, 2.05) is 0 Å². The van der Waals surface area contributed by atoms with Crippen molar-refractivity contribution in [2.45, 2.75) is 0 Å². The Kier molecular flexibility index (Phi) is 3.68. The first-order chi connectivity index (χ1) is 8.50. The third-order valence-corrected chi connectivity index (χ3v) is 3.42. The maximum absolute atomic E-state index is 13.1. The zero-order valence-corrected chi connectivity index (χ0v) is 11.4. The van der Waals surface area contributed by atoms with Gasteiger partial charge in [-0.05, 0) is 46.3 Å². The van der Waals surface area contributed by atoms with Gasteiger partial charge in [0.1, 0.15) is 5.82 Å². The van der Waals surface area contributed by atoms with Crippen LogP contribution in [0.4, 0.5) is 10.1 Å². The first-order valence-corrected chi connectivity index (χ1v) is 6.21. The molecule has 0 aliphatic carbocycles. The van der Waals surface area contributed by atoms with E-state index >= 15 is 0 Å². The van der Waals surface area contributed by atoms with Crippen molar-refractivity contribution in [3.63, 3.8) is 0 Å². The van der Waals surface area contributed by atoms with Gasteiger partial charge < -0.3 is 5.73 Å². The van der Waals surface area contributed by atoms with Crippen LogP contribution in [0.2, 0.25) is 5.02 Å². The van der Waals surface area contributed by atoms with Gasteiger partial charge in [-0.25, -0.2) is 4.39 Å². The fraction of sp³-hybridized carbons (Fsp3) is 0. The number of carbonyl (C=O) groups is 1. The number of carbonyl (C=O) groups excluding carboxylic acids is 1. The predicted molar refractivity (Wildman–Crippen MR) is 73.4 cm³/mol. The topological polar surface area (TPSA) is 43.1 Å². The molecule has 0 fully saturated rings. The highest BCUT2D eigenvalue weighted by atomic mass is 79.9. The Morgan fingerprint density at radius 2 is 2.00 bits per heavy atom. The lowest BCUT2D eigenvalue weighted by Crippen LogP contribution is -2.06. The van der Waals surface area contributed by atoms with Crippen molar-refractivity contribution >= 4 is 39.0 Å². The molecule has 0 atom stereocenters. The van der Waals surface area contributed by atoms with Gasteiger partial charge in [0.15, 0.2) is 5.78 Å². The third kappa shape index (κ3) is 2.40. The van der Waals surface area contributed by atoms with E-state index in [0.29, 0.717) is 16.1 Å². The summed E-state index contributed by atoms with van der Waals surface area (Å²) in [6, 6.07) is 8.87. The number of nitrogen functional groups attached to an aromatic ring is 1. The Hall–Kier alpha value is -1.39. The maximum atomic E-state index is 13.1. The molecular formula is C13H8BrClFNO. The van der Waals surface area contributed by atoms with Gasteiger partial charge in [0.25, 0.3) is 0 Å². The van der Waals surface area contributed by atoms with Gasteiger partial charge in [-0.1, -0.05) is 17.7 Å². The molecular weight excluding hydrogens is 321 g/mol. The SMILES string of the molecule is Nc1c(Cl)cccc1C(=O)c1ccc(F)c(Br)c1. The number of hydrogen-bond acceptors (Lipinski definition) is 2. The second-order valence-electron chi connectivity index (χ2n) is 3.66. The number of rotatable bonds is 2. The molecule has 0 aliphatic rings. The van der Waals surface area contributed by atoms with E-state index in [1.165, 1.54) is 18.2 Å². The van der Waals surface area contributed by atoms with Crippen LogP contribution in [0.15, 0.2) is 40.9 Å². The molecule has 92 valence electrons. The number of ketones is 1. The Balaban J connectivity index is 2.48. The zero-order chi connectivity index (χ0) is 13.3. The summed E-state index contributed by atoms with van der Waals surface area (Å²) in [4.78, 5) is 12.2. The Bertz CT molecular complexity index is 630. The van der Waals surface area contributed by atoms with Crippen molar-refractivity contribution < 1.29 is 9.18 Å². The fourth-order valence-electron chi connectivity index (χ4n) is 1.53. The molecule has 0 aliphatic heterocycles. The van der Waals surface area contributed by atoms with Crippen molar-refractivity contribution in [1.82, 2.24) is 0 Å². The third-order valence-electron chi connectivity index (χ3n) is 2.48. The molecule has 0 radical (unpaired) electrons. The Morgan fingerprint density at radius 3 is 2.67 bits per heavy atom. The predicted octanol–water partition coefficient (Wildman–Crippen LogP) is 4.05. The van der Waals surface area contributed by atoms with Crippen LogP contribution in [0.3, 0.4) is 0 Å². The minimum Gasteiger partial charge on any atom is -0.397 e. The van der Waals surface area contributed by atoms with Crippen LogP contribution >= 0.6 is 27.5 Å². The van der Waals surface area contributed by atoms with Crippen LogP contribution in [0.5, 0.6) is 0 Å². The quantitative estimate of drug-likeness (QED) is 0.667. The minimum atomic E-state index is -0.425. The summed E-state index contributed by atoms with van der Waals surface area (Å²) in [6.45, 7) is 0. The molecule has 2 rings (SSSR count). The zero-order valence-electron chi connectivity index (χ0n) is 9.08. The van der Waals surface area contributed by atoms with Gasteiger partial charge in [0.05, 0.1) is 15.2 Å². The van der Waals surface area contributed by atoms with Crippen LogP contribution in [0.1, 0.15) is 15.9 Å². The van der Waals surface area contributed by atoms with E-state index in [2.05, 4.69) is 15.9 Å². The largest absolute Gasteiger partial charge is 0.397 e. The van der Waals surface area contributed by atoms with Crippen LogP contribution in [0, 0.1) is 5.82 Å². The van der Waals surface area contributed by atoms with Crippen molar-refractivity contribution in [3.8, 4) is 0 Å². The Labute approximate surface area is 117 Å². The number of benzene rings is 2. The van der Waals surface area contributed by atoms with E-state index < -0.39 is 5.82 Å². The molecule has 0 spiro atoms. The van der Waals surface area contributed by atoms with Gasteiger partial charge in [0.2, 0.25) is 0 Å². The number of halogens is 3. The second-order valence-corrected chi connectivity index (χ2v) is 4.92. The normalized spacial score (nSPS) is 10.4. The lowest BCUT2D eigenvalue weighted by molar-refractivity contribution is 0.103. The van der Waals surface area contributed by atoms with Gasteiger partial charge in [-0.2, -0.15) is 0 Å². The number of para-hydroxylation sites is 1. The van der Waals surface area contributed by atoms with Crippen molar-refractivity contribution in [1.29, 1.82) is 0 Å². The van der Waals surface area contributed by atoms with E-state index in [1.54, 1.807) is 18.2 Å². The molecule has 0 saturated carbocycles. The number of nitrogens with two attached hydrogens (primary N) is 1. The van der Waals surface area contributed by atoms with E-state index in [9.17, 15) is 9.18 Å². The summed E-state index contributed by atoms with van der Waals surface area (Å²) in [6.07, 6.45) is 0. The first-order valence-electron chi connectivity index (χ1n) is 5.04. The number of anilines is 1. The average Bonchev–Trinajstić information content (AvgIpc) is 2.35. The van der Waals surface area contributed by atoms with Crippen LogP contribution < -0.4 is 5.73 Å². The van der Waals surface area contributed by atoms with Crippen LogP contribution in [-0.4, -0.2) is 5.78 Å². The highest BCUT2D eigenvalue weighted by molar-refractivity contribution is 9.10. The van der Waals surface area contributed by atoms with Crippen LogP contribution in [-0.2, 0) is 0 Å². The molecule has 5 heteroatoms. The lowest BCUT2D eigenvalue weighted by atomic mass is 10.0. The van der Waals surface area contributed by atoms with Crippen molar-refractivity contribution in [2.24, 2.45) is 0 Å². The Morgan fingerprint density at radius 1 is 1.28 bits per heavy atom. The highest BCUT2D eigenvalue weighted by Crippen LogP contribution is 2.26. The molecule has 0 unspecified atom stereocenters. The maximum Gasteiger partial charge on any atom is 0.195 e. The smallest absolute Gasteiger partial charge is 0.195 e. The first kappa shape index (κ1) is 13.1. The molecule has 2 aromatic carbocycles. The molecule has 18 heavy (non-hydrogen) atoms. The summed E-state index contributed by atoms with van der Waals surface area (Å²) in [5, 5.41) is 0.321. The summed E-state index contributed by atoms with van der Waals surface area (Å²) < 4.78 is 13.3. The molecule has 0 heterocycles. The van der Waals surface area contributed by atoms with E-state index in [-0.39, 0.29) is 15.9 Å². The second kappa shape index (κ2) is 5.08.